The number of hydrogen-bond donors (Lipinski definition) is 1. The number of nitro groups is 1. The highest BCUT2D eigenvalue weighted by atomic mass is 16.6. The molecule has 1 amide bonds. The summed E-state index contributed by atoms with van der Waals surface area (Å²) < 4.78 is 9.63. The molecule has 2 aromatic rings. The third-order valence-corrected chi connectivity index (χ3v) is 3.73. The minimum Gasteiger partial charge on any atom is -0.465 e. The molecular formula is C16H17N3O6. The van der Waals surface area contributed by atoms with Crippen LogP contribution in [0.1, 0.15) is 40.2 Å². The molecule has 2 rings (SSSR count). The minimum absolute atomic E-state index is 0.0306. The predicted octanol–water partition coefficient (Wildman–Crippen LogP) is 2.73. The van der Waals surface area contributed by atoms with E-state index in [1.807, 2.05) is 0 Å². The van der Waals surface area contributed by atoms with E-state index in [1.54, 1.807) is 20.8 Å². The summed E-state index contributed by atoms with van der Waals surface area (Å²) >= 11 is 0. The first kappa shape index (κ1) is 18.1. The Kier molecular flexibility index (Phi) is 5.16. The zero-order valence-electron chi connectivity index (χ0n) is 14.2. The predicted molar refractivity (Wildman–Crippen MR) is 87.5 cm³/mol. The first-order valence-electron chi connectivity index (χ1n) is 7.36. The molecule has 1 aromatic heterocycles. The van der Waals surface area contributed by atoms with Gasteiger partial charge in [-0.1, -0.05) is 5.16 Å². The van der Waals surface area contributed by atoms with E-state index >= 15 is 0 Å². The van der Waals surface area contributed by atoms with Gasteiger partial charge < -0.3 is 14.6 Å². The third-order valence-electron chi connectivity index (χ3n) is 3.73. The van der Waals surface area contributed by atoms with Crippen molar-refractivity contribution in [3.63, 3.8) is 0 Å². The van der Waals surface area contributed by atoms with E-state index < -0.39 is 22.7 Å². The lowest BCUT2D eigenvalue weighted by atomic mass is 9.98. The van der Waals surface area contributed by atoms with Crippen LogP contribution >= 0.6 is 0 Å². The molecule has 0 saturated heterocycles. The smallest absolute Gasteiger partial charge is 0.338 e. The Morgan fingerprint density at radius 2 is 2.00 bits per heavy atom. The maximum atomic E-state index is 12.5. The molecule has 25 heavy (non-hydrogen) atoms. The Hall–Kier alpha value is -3.23. The zero-order valence-corrected chi connectivity index (χ0v) is 14.2. The SMILES string of the molecule is COC(=O)c1cc(NC(=O)[C@@H](C)c2c(C)noc2C)cc([N+](=O)[O-])c1. The molecule has 9 heteroatoms. The number of amides is 1. The fraction of sp³-hybridized carbons (Fsp3) is 0.312. The molecule has 1 aromatic carbocycles. The van der Waals surface area contributed by atoms with Gasteiger partial charge in [0.2, 0.25) is 5.91 Å². The van der Waals surface area contributed by atoms with E-state index in [4.69, 9.17) is 4.52 Å². The van der Waals surface area contributed by atoms with Crippen LogP contribution in [0.3, 0.4) is 0 Å². The van der Waals surface area contributed by atoms with Crippen molar-refractivity contribution in [2.24, 2.45) is 0 Å². The second-order valence-corrected chi connectivity index (χ2v) is 5.47. The average Bonchev–Trinajstić information content (AvgIpc) is 2.91. The number of carbonyl (C=O) groups is 2. The van der Waals surface area contributed by atoms with Crippen molar-refractivity contribution in [1.29, 1.82) is 0 Å². The Morgan fingerprint density at radius 3 is 2.52 bits per heavy atom. The van der Waals surface area contributed by atoms with E-state index in [0.717, 1.165) is 6.07 Å². The fourth-order valence-corrected chi connectivity index (χ4v) is 2.51. The van der Waals surface area contributed by atoms with Gasteiger partial charge in [0, 0.05) is 23.4 Å². The molecule has 1 heterocycles. The molecular weight excluding hydrogens is 330 g/mol. The van der Waals surface area contributed by atoms with Crippen molar-refractivity contribution in [1.82, 2.24) is 5.16 Å². The van der Waals surface area contributed by atoms with E-state index in [9.17, 15) is 19.7 Å². The van der Waals surface area contributed by atoms with Gasteiger partial charge in [-0.05, 0) is 26.8 Å². The first-order chi connectivity index (χ1) is 11.7. The molecule has 9 nitrogen and oxygen atoms in total. The summed E-state index contributed by atoms with van der Waals surface area (Å²) in [5, 5.41) is 17.4. The normalized spacial score (nSPS) is 11.7. The molecule has 0 bridgehead atoms. The first-order valence-corrected chi connectivity index (χ1v) is 7.36. The topological polar surface area (TPSA) is 125 Å². The molecule has 0 radical (unpaired) electrons. The molecule has 1 N–H and O–H groups in total. The van der Waals surface area contributed by atoms with Crippen LogP contribution in [0.5, 0.6) is 0 Å². The Morgan fingerprint density at radius 1 is 1.32 bits per heavy atom. The maximum absolute atomic E-state index is 12.5. The summed E-state index contributed by atoms with van der Waals surface area (Å²) in [4.78, 5) is 34.5. The molecule has 0 aliphatic carbocycles. The Balaban J connectivity index is 2.32. The summed E-state index contributed by atoms with van der Waals surface area (Å²) in [5.74, 6) is -1.22. The Bertz CT molecular complexity index is 823. The van der Waals surface area contributed by atoms with Crippen molar-refractivity contribution < 1.29 is 23.8 Å². The zero-order chi connectivity index (χ0) is 18.7. The lowest BCUT2D eigenvalue weighted by molar-refractivity contribution is -0.384. The van der Waals surface area contributed by atoms with Gasteiger partial charge in [0.05, 0.1) is 29.2 Å². The number of anilines is 1. The van der Waals surface area contributed by atoms with Crippen LogP contribution in [0, 0.1) is 24.0 Å². The lowest BCUT2D eigenvalue weighted by Gasteiger charge is -2.12. The summed E-state index contributed by atoms with van der Waals surface area (Å²) in [6.07, 6.45) is 0. The number of rotatable bonds is 5. The average molecular weight is 347 g/mol. The van der Waals surface area contributed by atoms with Crippen LogP contribution in [-0.4, -0.2) is 29.1 Å². The van der Waals surface area contributed by atoms with Crippen molar-refractivity contribution in [3.8, 4) is 0 Å². The van der Waals surface area contributed by atoms with Gasteiger partial charge in [0.15, 0.2) is 0 Å². The number of methoxy groups -OCH3 is 1. The number of non-ortho nitro benzene ring substituents is 1. The highest BCUT2D eigenvalue weighted by Gasteiger charge is 2.24. The van der Waals surface area contributed by atoms with E-state index in [0.29, 0.717) is 17.0 Å². The number of nitro benzene ring substituents is 1. The van der Waals surface area contributed by atoms with Crippen LogP contribution in [0.15, 0.2) is 22.7 Å². The quantitative estimate of drug-likeness (QED) is 0.501. The van der Waals surface area contributed by atoms with Crippen molar-refractivity contribution >= 4 is 23.3 Å². The van der Waals surface area contributed by atoms with E-state index in [2.05, 4.69) is 15.2 Å². The highest BCUT2D eigenvalue weighted by molar-refractivity contribution is 5.98. The van der Waals surface area contributed by atoms with Gasteiger partial charge in [-0.15, -0.1) is 0 Å². The maximum Gasteiger partial charge on any atom is 0.338 e. The standard InChI is InChI=1S/C16H17N3O6/c1-8(14-9(2)18-25-10(14)3)15(20)17-12-5-11(16(21)24-4)6-13(7-12)19(22)23/h5-8H,1-4H3,(H,17,20)/t8-/m0/s1. The summed E-state index contributed by atoms with van der Waals surface area (Å²) in [7, 11) is 1.17. The molecule has 0 fully saturated rings. The van der Waals surface area contributed by atoms with Crippen molar-refractivity contribution in [2.75, 3.05) is 12.4 Å². The minimum atomic E-state index is -0.738. The molecule has 0 spiro atoms. The number of esters is 1. The van der Waals surface area contributed by atoms with Crippen molar-refractivity contribution in [2.45, 2.75) is 26.7 Å². The van der Waals surface area contributed by atoms with E-state index in [-0.39, 0.29) is 16.9 Å². The van der Waals surface area contributed by atoms with Gasteiger partial charge in [0.25, 0.3) is 5.69 Å². The fourth-order valence-electron chi connectivity index (χ4n) is 2.51. The van der Waals surface area contributed by atoms with Crippen LogP contribution < -0.4 is 5.32 Å². The number of carbonyl (C=O) groups excluding carboxylic acids is 2. The number of nitrogens with zero attached hydrogens (tertiary/aromatic N) is 2. The molecule has 1 atom stereocenters. The second-order valence-electron chi connectivity index (χ2n) is 5.47. The second kappa shape index (κ2) is 7.12. The van der Waals surface area contributed by atoms with Gasteiger partial charge in [-0.3, -0.25) is 14.9 Å². The number of aromatic nitrogens is 1. The lowest BCUT2D eigenvalue weighted by Crippen LogP contribution is -2.20. The van der Waals surface area contributed by atoms with Gasteiger partial charge >= 0.3 is 5.97 Å². The third kappa shape index (κ3) is 3.82. The summed E-state index contributed by atoms with van der Waals surface area (Å²) in [5.41, 5.74) is 1.00. The monoisotopic (exact) mass is 347 g/mol. The van der Waals surface area contributed by atoms with Gasteiger partial charge in [-0.2, -0.15) is 0 Å². The largest absolute Gasteiger partial charge is 0.465 e. The van der Waals surface area contributed by atoms with Crippen LogP contribution in [0.25, 0.3) is 0 Å². The number of hydrogen-bond acceptors (Lipinski definition) is 7. The molecule has 0 unspecified atom stereocenters. The molecule has 132 valence electrons. The molecule has 0 aliphatic heterocycles. The Labute approximate surface area is 143 Å². The number of nitrogens with one attached hydrogen (secondary N) is 1. The molecule has 0 saturated carbocycles. The van der Waals surface area contributed by atoms with Gasteiger partial charge in [-0.25, -0.2) is 4.79 Å². The summed E-state index contributed by atoms with van der Waals surface area (Å²) in [6.45, 7) is 5.08. The van der Waals surface area contributed by atoms with Crippen molar-refractivity contribution in [3.05, 3.63) is 50.9 Å². The number of ether oxygens (including phenoxy) is 1. The molecule has 0 aliphatic rings. The highest BCUT2D eigenvalue weighted by Crippen LogP contribution is 2.26. The number of benzene rings is 1. The number of aryl methyl sites for hydroxylation is 2. The van der Waals surface area contributed by atoms with E-state index in [1.165, 1.54) is 19.2 Å². The van der Waals surface area contributed by atoms with Gasteiger partial charge in [0.1, 0.15) is 5.76 Å². The summed E-state index contributed by atoms with van der Waals surface area (Å²) in [6, 6.07) is 3.57. The van der Waals surface area contributed by atoms with Crippen LogP contribution in [0.4, 0.5) is 11.4 Å². The van der Waals surface area contributed by atoms with Crippen LogP contribution in [-0.2, 0) is 9.53 Å². The van der Waals surface area contributed by atoms with Crippen LogP contribution in [0.2, 0.25) is 0 Å².